The second-order valence-corrected chi connectivity index (χ2v) is 7.80. The molecule has 0 atom stereocenters. The molecule has 0 radical (unpaired) electrons. The van der Waals surface area contributed by atoms with Crippen LogP contribution in [-0.2, 0) is 9.47 Å². The second-order valence-electron chi connectivity index (χ2n) is 7.80. The van der Waals surface area contributed by atoms with Crippen LogP contribution in [0.25, 0.3) is 21.5 Å². The minimum atomic E-state index is -0.392. The molecule has 0 saturated carbocycles. The molecule has 178 valence electrons. The number of esters is 2. The summed E-state index contributed by atoms with van der Waals surface area (Å²) in [5.41, 5.74) is 0.945. The largest absolute Gasteiger partial charge is 0.465 e. The molecule has 0 unspecified atom stereocenters. The van der Waals surface area contributed by atoms with Gasteiger partial charge >= 0.3 is 11.9 Å². The van der Waals surface area contributed by atoms with Crippen molar-refractivity contribution in [2.45, 2.75) is 0 Å². The highest BCUT2D eigenvalue weighted by molar-refractivity contribution is 5.96. The topological polar surface area (TPSA) is 96.8 Å². The number of fused-ring (bicyclic) bond motifs is 2. The molecule has 0 aliphatic heterocycles. The van der Waals surface area contributed by atoms with E-state index in [0.717, 1.165) is 21.5 Å². The molecule has 5 aromatic rings. The van der Waals surface area contributed by atoms with Crippen molar-refractivity contribution in [1.29, 1.82) is 0 Å². The third-order valence-electron chi connectivity index (χ3n) is 5.53. The summed E-state index contributed by atoms with van der Waals surface area (Å²) >= 11 is 0. The number of benzene rings is 4. The maximum Gasteiger partial charge on any atom is 0.337 e. The van der Waals surface area contributed by atoms with Gasteiger partial charge < -0.3 is 18.9 Å². The standard InChI is InChI=1S/C28H20N2O6/c1-33-27(31)21-5-3-19-15-23(9-7-17(19)13-21)35-25-26(30-12-11-29-25)36-24-10-8-18-14-22(28(32)34-2)6-4-20(18)16-24/h3-16H,1-2H3. The van der Waals surface area contributed by atoms with Crippen LogP contribution in [-0.4, -0.2) is 36.1 Å². The monoisotopic (exact) mass is 480 g/mol. The first kappa shape index (κ1) is 22.8. The molecule has 1 heterocycles. The summed E-state index contributed by atoms with van der Waals surface area (Å²) < 4.78 is 21.5. The van der Waals surface area contributed by atoms with Gasteiger partial charge in [-0.15, -0.1) is 0 Å². The van der Waals surface area contributed by atoms with Crippen molar-refractivity contribution >= 4 is 33.5 Å². The van der Waals surface area contributed by atoms with E-state index in [1.165, 1.54) is 26.6 Å². The SMILES string of the molecule is COC(=O)c1ccc2cc(Oc3nccnc3Oc3ccc4cc(C(=O)OC)ccc4c3)ccc2c1. The Morgan fingerprint density at radius 3 is 1.36 bits per heavy atom. The Hall–Kier alpha value is -4.98. The first-order chi connectivity index (χ1) is 17.5. The van der Waals surface area contributed by atoms with Crippen LogP contribution >= 0.6 is 0 Å². The number of rotatable bonds is 6. The minimum absolute atomic E-state index is 0.198. The molecule has 0 aliphatic carbocycles. The summed E-state index contributed by atoms with van der Waals surface area (Å²) in [7, 11) is 2.70. The van der Waals surface area contributed by atoms with Crippen LogP contribution in [0.2, 0.25) is 0 Å². The van der Waals surface area contributed by atoms with Gasteiger partial charge in [0.25, 0.3) is 11.8 Å². The third kappa shape index (κ3) is 4.65. The number of hydrogen-bond donors (Lipinski definition) is 0. The fourth-order valence-corrected chi connectivity index (χ4v) is 3.74. The Kier molecular flexibility index (Phi) is 6.15. The molecule has 5 rings (SSSR count). The number of methoxy groups -OCH3 is 2. The van der Waals surface area contributed by atoms with Crippen molar-refractivity contribution in [1.82, 2.24) is 9.97 Å². The Balaban J connectivity index is 1.39. The maximum absolute atomic E-state index is 11.8. The van der Waals surface area contributed by atoms with Crippen molar-refractivity contribution < 1.29 is 28.5 Å². The van der Waals surface area contributed by atoms with Gasteiger partial charge in [0.2, 0.25) is 0 Å². The average Bonchev–Trinajstić information content (AvgIpc) is 2.92. The highest BCUT2D eigenvalue weighted by atomic mass is 16.5. The molecule has 4 aromatic carbocycles. The summed E-state index contributed by atoms with van der Waals surface area (Å²) in [4.78, 5) is 32.1. The molecule has 0 spiro atoms. The van der Waals surface area contributed by atoms with Crippen LogP contribution in [0, 0.1) is 0 Å². The quantitative estimate of drug-likeness (QED) is 0.276. The van der Waals surface area contributed by atoms with Gasteiger partial charge in [-0.3, -0.25) is 0 Å². The van der Waals surface area contributed by atoms with E-state index in [1.807, 2.05) is 36.4 Å². The van der Waals surface area contributed by atoms with E-state index in [9.17, 15) is 9.59 Å². The smallest absolute Gasteiger partial charge is 0.337 e. The predicted molar refractivity (Wildman–Crippen MR) is 133 cm³/mol. The lowest BCUT2D eigenvalue weighted by atomic mass is 10.1. The van der Waals surface area contributed by atoms with Crippen LogP contribution in [0.1, 0.15) is 20.7 Å². The van der Waals surface area contributed by atoms with Crippen LogP contribution in [0.5, 0.6) is 23.3 Å². The molecular weight excluding hydrogens is 460 g/mol. The number of aromatic nitrogens is 2. The van der Waals surface area contributed by atoms with Gasteiger partial charge in [-0.2, -0.15) is 0 Å². The molecule has 1 aromatic heterocycles. The van der Waals surface area contributed by atoms with Crippen molar-refractivity contribution in [3.05, 3.63) is 96.3 Å². The summed E-state index contributed by atoms with van der Waals surface area (Å²) in [5, 5.41) is 3.50. The lowest BCUT2D eigenvalue weighted by molar-refractivity contribution is 0.0592. The maximum atomic E-state index is 11.8. The van der Waals surface area contributed by atoms with E-state index < -0.39 is 11.9 Å². The first-order valence-electron chi connectivity index (χ1n) is 10.9. The van der Waals surface area contributed by atoms with Crippen molar-refractivity contribution in [3.8, 4) is 23.3 Å². The Labute approximate surface area is 206 Å². The fourth-order valence-electron chi connectivity index (χ4n) is 3.74. The summed E-state index contributed by atoms with van der Waals surface area (Å²) in [6, 6.07) is 21.5. The molecule has 8 nitrogen and oxygen atoms in total. The molecule has 0 fully saturated rings. The number of hydrogen-bond acceptors (Lipinski definition) is 8. The lowest BCUT2D eigenvalue weighted by Crippen LogP contribution is -2.00. The average molecular weight is 480 g/mol. The van der Waals surface area contributed by atoms with Crippen LogP contribution < -0.4 is 9.47 Å². The van der Waals surface area contributed by atoms with Gasteiger partial charge in [0.1, 0.15) is 11.5 Å². The number of nitrogens with zero attached hydrogens (tertiary/aromatic N) is 2. The zero-order chi connectivity index (χ0) is 25.1. The van der Waals surface area contributed by atoms with Crippen LogP contribution in [0.15, 0.2) is 85.2 Å². The fraction of sp³-hybridized carbons (Fsp3) is 0.0714. The molecule has 0 N–H and O–H groups in total. The first-order valence-corrected chi connectivity index (χ1v) is 10.9. The predicted octanol–water partition coefficient (Wildman–Crippen LogP) is 5.94. The van der Waals surface area contributed by atoms with E-state index in [2.05, 4.69) is 9.97 Å². The molecule has 0 amide bonds. The zero-order valence-electron chi connectivity index (χ0n) is 19.4. The number of carbonyl (C=O) groups is 2. The van der Waals surface area contributed by atoms with Gasteiger partial charge in [0.05, 0.1) is 25.3 Å². The summed E-state index contributed by atoms with van der Waals surface area (Å²) in [6.45, 7) is 0. The van der Waals surface area contributed by atoms with Gasteiger partial charge in [-0.05, 0) is 70.1 Å². The summed E-state index contributed by atoms with van der Waals surface area (Å²) in [5.74, 6) is 0.681. The molecular formula is C28H20N2O6. The van der Waals surface area contributed by atoms with E-state index in [1.54, 1.807) is 36.4 Å². The number of carbonyl (C=O) groups excluding carboxylic acids is 2. The van der Waals surface area contributed by atoms with Gasteiger partial charge in [0, 0.05) is 12.4 Å². The highest BCUT2D eigenvalue weighted by Crippen LogP contribution is 2.33. The molecule has 36 heavy (non-hydrogen) atoms. The third-order valence-corrected chi connectivity index (χ3v) is 5.53. The summed E-state index contributed by atoms with van der Waals surface area (Å²) in [6.07, 6.45) is 3.03. The van der Waals surface area contributed by atoms with Crippen LogP contribution in [0.4, 0.5) is 0 Å². The van der Waals surface area contributed by atoms with Gasteiger partial charge in [0.15, 0.2) is 0 Å². The zero-order valence-corrected chi connectivity index (χ0v) is 19.4. The second kappa shape index (κ2) is 9.71. The van der Waals surface area contributed by atoms with E-state index in [4.69, 9.17) is 18.9 Å². The van der Waals surface area contributed by atoms with E-state index in [-0.39, 0.29) is 11.8 Å². The van der Waals surface area contributed by atoms with Gasteiger partial charge in [-0.25, -0.2) is 19.6 Å². The van der Waals surface area contributed by atoms with E-state index >= 15 is 0 Å². The minimum Gasteiger partial charge on any atom is -0.465 e. The van der Waals surface area contributed by atoms with E-state index in [0.29, 0.717) is 22.6 Å². The highest BCUT2D eigenvalue weighted by Gasteiger charge is 2.13. The molecule has 8 heteroatoms. The van der Waals surface area contributed by atoms with Crippen molar-refractivity contribution in [3.63, 3.8) is 0 Å². The Morgan fingerprint density at radius 1 is 0.556 bits per heavy atom. The van der Waals surface area contributed by atoms with Crippen molar-refractivity contribution in [2.75, 3.05) is 14.2 Å². The number of ether oxygens (including phenoxy) is 4. The van der Waals surface area contributed by atoms with Crippen molar-refractivity contribution in [2.24, 2.45) is 0 Å². The normalized spacial score (nSPS) is 10.7. The molecule has 0 saturated heterocycles. The Morgan fingerprint density at radius 2 is 0.944 bits per heavy atom. The molecule has 0 aliphatic rings. The van der Waals surface area contributed by atoms with Gasteiger partial charge in [-0.1, -0.05) is 24.3 Å². The van der Waals surface area contributed by atoms with Crippen LogP contribution in [0.3, 0.4) is 0 Å². The Bertz CT molecular complexity index is 1490. The lowest BCUT2D eigenvalue weighted by Gasteiger charge is -2.11. The molecule has 0 bridgehead atoms.